The van der Waals surface area contributed by atoms with Crippen LogP contribution >= 0.6 is 0 Å². The summed E-state index contributed by atoms with van der Waals surface area (Å²) in [5, 5.41) is 8.27. The maximum Gasteiger partial charge on any atom is 0.317 e. The maximum atomic E-state index is 12.3. The van der Waals surface area contributed by atoms with Crippen LogP contribution in [0.4, 0.5) is 4.79 Å². The van der Waals surface area contributed by atoms with Gasteiger partial charge >= 0.3 is 6.03 Å². The van der Waals surface area contributed by atoms with Crippen molar-refractivity contribution in [1.29, 1.82) is 0 Å². The van der Waals surface area contributed by atoms with Crippen LogP contribution in [0.1, 0.15) is 18.9 Å². The Bertz CT molecular complexity index is 754. The summed E-state index contributed by atoms with van der Waals surface area (Å²) in [5.74, 6) is 0.229. The second-order valence-corrected chi connectivity index (χ2v) is 6.76. The number of benzene rings is 2. The second kappa shape index (κ2) is 8.01. The van der Waals surface area contributed by atoms with E-state index in [1.807, 2.05) is 6.07 Å². The van der Waals surface area contributed by atoms with E-state index < -0.39 is 0 Å². The summed E-state index contributed by atoms with van der Waals surface area (Å²) in [6, 6.07) is 14.6. The number of hydrogen-bond donors (Lipinski definition) is 2. The SMILES string of the molecule is C[C@H](CNC(=O)N1CCCNC(=O)C1)Cc1cccc2ccccc12. The van der Waals surface area contributed by atoms with Gasteiger partial charge in [-0.05, 0) is 35.1 Å². The van der Waals surface area contributed by atoms with Gasteiger partial charge in [-0.3, -0.25) is 4.79 Å². The summed E-state index contributed by atoms with van der Waals surface area (Å²) in [6.07, 6.45) is 1.70. The molecule has 5 heteroatoms. The van der Waals surface area contributed by atoms with Crippen molar-refractivity contribution >= 4 is 22.7 Å². The van der Waals surface area contributed by atoms with Crippen LogP contribution in [0.5, 0.6) is 0 Å². The smallest absolute Gasteiger partial charge is 0.317 e. The molecular weight excluding hydrogens is 314 g/mol. The van der Waals surface area contributed by atoms with Crippen LogP contribution in [-0.4, -0.2) is 43.0 Å². The Labute approximate surface area is 148 Å². The van der Waals surface area contributed by atoms with Crippen LogP contribution < -0.4 is 10.6 Å². The van der Waals surface area contributed by atoms with Gasteiger partial charge in [0.15, 0.2) is 0 Å². The Morgan fingerprint density at radius 3 is 2.92 bits per heavy atom. The molecule has 1 aliphatic rings. The lowest BCUT2D eigenvalue weighted by molar-refractivity contribution is -0.121. The van der Waals surface area contributed by atoms with Crippen LogP contribution in [0.3, 0.4) is 0 Å². The third kappa shape index (κ3) is 4.50. The van der Waals surface area contributed by atoms with Crippen molar-refractivity contribution in [3.63, 3.8) is 0 Å². The molecule has 1 aliphatic heterocycles. The lowest BCUT2D eigenvalue weighted by Gasteiger charge is -2.21. The Hall–Kier alpha value is -2.56. The molecule has 2 N–H and O–H groups in total. The summed E-state index contributed by atoms with van der Waals surface area (Å²) in [6.45, 7) is 4.13. The summed E-state index contributed by atoms with van der Waals surface area (Å²) in [7, 11) is 0. The molecule has 132 valence electrons. The summed E-state index contributed by atoms with van der Waals surface area (Å²) < 4.78 is 0. The fraction of sp³-hybridized carbons (Fsp3) is 0.400. The van der Waals surface area contributed by atoms with E-state index in [1.165, 1.54) is 16.3 Å². The van der Waals surface area contributed by atoms with E-state index in [0.29, 0.717) is 25.6 Å². The van der Waals surface area contributed by atoms with Gasteiger partial charge in [0, 0.05) is 19.6 Å². The monoisotopic (exact) mass is 339 g/mol. The van der Waals surface area contributed by atoms with Gasteiger partial charge in [0.2, 0.25) is 5.91 Å². The highest BCUT2D eigenvalue weighted by Crippen LogP contribution is 2.21. The molecule has 3 rings (SSSR count). The highest BCUT2D eigenvalue weighted by atomic mass is 16.2. The molecular formula is C20H25N3O2. The first-order chi connectivity index (χ1) is 12.1. The lowest BCUT2D eigenvalue weighted by atomic mass is 9.96. The number of hydrogen-bond acceptors (Lipinski definition) is 2. The molecule has 0 spiro atoms. The molecule has 0 aliphatic carbocycles. The van der Waals surface area contributed by atoms with E-state index in [4.69, 9.17) is 0 Å². The normalized spacial score (nSPS) is 16.2. The van der Waals surface area contributed by atoms with Gasteiger partial charge in [-0.1, -0.05) is 49.4 Å². The molecule has 0 bridgehead atoms. The molecule has 0 saturated carbocycles. The molecule has 1 saturated heterocycles. The van der Waals surface area contributed by atoms with Crippen molar-refractivity contribution in [2.45, 2.75) is 19.8 Å². The first-order valence-corrected chi connectivity index (χ1v) is 8.89. The van der Waals surface area contributed by atoms with E-state index in [0.717, 1.165) is 12.8 Å². The predicted octanol–water partition coefficient (Wildman–Crippen LogP) is 2.55. The van der Waals surface area contributed by atoms with Crippen molar-refractivity contribution in [1.82, 2.24) is 15.5 Å². The Kier molecular flexibility index (Phi) is 5.53. The van der Waals surface area contributed by atoms with Gasteiger partial charge < -0.3 is 15.5 Å². The average Bonchev–Trinajstić information content (AvgIpc) is 2.84. The number of urea groups is 1. The molecule has 25 heavy (non-hydrogen) atoms. The summed E-state index contributed by atoms with van der Waals surface area (Å²) in [5.41, 5.74) is 1.30. The fourth-order valence-electron chi connectivity index (χ4n) is 3.27. The first-order valence-electron chi connectivity index (χ1n) is 8.89. The van der Waals surface area contributed by atoms with Crippen LogP contribution in [0.15, 0.2) is 42.5 Å². The van der Waals surface area contributed by atoms with Gasteiger partial charge in [0.25, 0.3) is 0 Å². The molecule has 2 aromatic rings. The molecule has 2 aromatic carbocycles. The third-order valence-electron chi connectivity index (χ3n) is 4.60. The summed E-state index contributed by atoms with van der Waals surface area (Å²) in [4.78, 5) is 25.5. The Morgan fingerprint density at radius 2 is 2.04 bits per heavy atom. The number of carbonyl (C=O) groups excluding carboxylic acids is 2. The van der Waals surface area contributed by atoms with Gasteiger partial charge in [-0.25, -0.2) is 4.79 Å². The van der Waals surface area contributed by atoms with E-state index in [2.05, 4.69) is 54.0 Å². The zero-order valence-corrected chi connectivity index (χ0v) is 14.6. The third-order valence-corrected chi connectivity index (χ3v) is 4.60. The highest BCUT2D eigenvalue weighted by molar-refractivity contribution is 5.86. The lowest BCUT2D eigenvalue weighted by Crippen LogP contribution is -2.44. The van der Waals surface area contributed by atoms with Crippen molar-refractivity contribution < 1.29 is 9.59 Å². The highest BCUT2D eigenvalue weighted by Gasteiger charge is 2.19. The van der Waals surface area contributed by atoms with Crippen LogP contribution in [0.25, 0.3) is 10.8 Å². The summed E-state index contributed by atoms with van der Waals surface area (Å²) >= 11 is 0. The topological polar surface area (TPSA) is 61.4 Å². The average molecular weight is 339 g/mol. The van der Waals surface area contributed by atoms with Crippen LogP contribution in [0, 0.1) is 5.92 Å². The van der Waals surface area contributed by atoms with E-state index in [9.17, 15) is 9.59 Å². The van der Waals surface area contributed by atoms with Crippen LogP contribution in [-0.2, 0) is 11.2 Å². The second-order valence-electron chi connectivity index (χ2n) is 6.76. The zero-order chi connectivity index (χ0) is 17.6. The van der Waals surface area contributed by atoms with Crippen LogP contribution in [0.2, 0.25) is 0 Å². The van der Waals surface area contributed by atoms with Gasteiger partial charge in [-0.2, -0.15) is 0 Å². The molecule has 5 nitrogen and oxygen atoms in total. The van der Waals surface area contributed by atoms with Gasteiger partial charge in [0.05, 0.1) is 0 Å². The minimum Gasteiger partial charge on any atom is -0.354 e. The molecule has 0 unspecified atom stereocenters. The molecule has 0 aromatic heterocycles. The number of carbonyl (C=O) groups is 2. The minimum atomic E-state index is -0.151. The van der Waals surface area contributed by atoms with Gasteiger partial charge in [0.1, 0.15) is 6.54 Å². The molecule has 1 fully saturated rings. The Morgan fingerprint density at radius 1 is 1.24 bits per heavy atom. The zero-order valence-electron chi connectivity index (χ0n) is 14.6. The van der Waals surface area contributed by atoms with Gasteiger partial charge in [-0.15, -0.1) is 0 Å². The number of fused-ring (bicyclic) bond motifs is 1. The van der Waals surface area contributed by atoms with E-state index in [-0.39, 0.29) is 18.5 Å². The standard InChI is InChI=1S/C20H25N3O2/c1-15(12-17-8-4-7-16-6-2-3-9-18(16)17)13-22-20(25)23-11-5-10-21-19(24)14-23/h2-4,6-9,15H,5,10-14H2,1H3,(H,21,24)(H,22,25)/t15-/m0/s1. The molecule has 0 radical (unpaired) electrons. The maximum absolute atomic E-state index is 12.3. The number of rotatable bonds is 4. The van der Waals surface area contributed by atoms with E-state index >= 15 is 0 Å². The minimum absolute atomic E-state index is 0.0866. The predicted molar refractivity (Wildman–Crippen MR) is 99.4 cm³/mol. The quantitative estimate of drug-likeness (QED) is 0.899. The van der Waals surface area contributed by atoms with Crippen molar-refractivity contribution in [3.05, 3.63) is 48.0 Å². The molecule has 1 heterocycles. The van der Waals surface area contributed by atoms with Crippen molar-refractivity contribution in [2.75, 3.05) is 26.2 Å². The number of nitrogens with zero attached hydrogens (tertiary/aromatic N) is 1. The molecule has 1 atom stereocenters. The molecule has 3 amide bonds. The number of amides is 3. The number of nitrogens with one attached hydrogen (secondary N) is 2. The Balaban J connectivity index is 1.56. The first kappa shape index (κ1) is 17.3. The van der Waals surface area contributed by atoms with Crippen molar-refractivity contribution in [3.8, 4) is 0 Å². The largest absolute Gasteiger partial charge is 0.354 e. The fourth-order valence-corrected chi connectivity index (χ4v) is 3.27. The van der Waals surface area contributed by atoms with Crippen molar-refractivity contribution in [2.24, 2.45) is 5.92 Å². The van der Waals surface area contributed by atoms with E-state index in [1.54, 1.807) is 4.90 Å².